The molecular formula is C31H37N7O2. The third-order valence-corrected chi connectivity index (χ3v) is 8.20. The van der Waals surface area contributed by atoms with Crippen LogP contribution in [0.15, 0.2) is 54.7 Å². The van der Waals surface area contributed by atoms with E-state index in [4.69, 9.17) is 15.7 Å². The van der Waals surface area contributed by atoms with Crippen molar-refractivity contribution in [1.82, 2.24) is 19.5 Å². The lowest BCUT2D eigenvalue weighted by Gasteiger charge is -2.32. The molecule has 1 aliphatic heterocycles. The van der Waals surface area contributed by atoms with E-state index in [9.17, 15) is 9.90 Å². The molecule has 0 radical (unpaired) electrons. The minimum absolute atomic E-state index is 0.0224. The third-order valence-electron chi connectivity index (χ3n) is 8.20. The van der Waals surface area contributed by atoms with Crippen molar-refractivity contribution in [2.75, 3.05) is 23.3 Å². The standard InChI is InChI=1S/C31H37N7O2/c1-3-15-31(2,40)26-5-4-6-27(35-26)38-25(20-7-8-20)18-22-19-33-30(36-29(22)38)34-23-9-11-24(12-10-23)37-16-13-21(14-17-37)28(32)39/h4-6,9-12,18-21,40H,3,7-8,13-17H2,1-2H3,(H2,32,39)(H,33,34,36). The van der Waals surface area contributed by atoms with Gasteiger partial charge in [-0.2, -0.15) is 4.98 Å². The van der Waals surface area contributed by atoms with Crippen molar-refractivity contribution in [2.24, 2.45) is 11.7 Å². The van der Waals surface area contributed by atoms with Gasteiger partial charge in [-0.25, -0.2) is 9.97 Å². The van der Waals surface area contributed by atoms with Crippen molar-refractivity contribution in [3.63, 3.8) is 0 Å². The zero-order chi connectivity index (χ0) is 27.9. The van der Waals surface area contributed by atoms with Crippen LogP contribution < -0.4 is 16.0 Å². The van der Waals surface area contributed by atoms with Crippen LogP contribution in [0.5, 0.6) is 0 Å². The molecule has 0 bridgehead atoms. The van der Waals surface area contributed by atoms with Crippen molar-refractivity contribution >= 4 is 34.3 Å². The normalized spacial score (nSPS) is 17.6. The fourth-order valence-electron chi connectivity index (χ4n) is 5.76. The lowest BCUT2D eigenvalue weighted by molar-refractivity contribution is -0.122. The molecule has 6 rings (SSSR count). The van der Waals surface area contributed by atoms with Crippen LogP contribution in [0, 0.1) is 5.92 Å². The van der Waals surface area contributed by atoms with Crippen LogP contribution in [-0.2, 0) is 10.4 Å². The van der Waals surface area contributed by atoms with Gasteiger partial charge >= 0.3 is 0 Å². The summed E-state index contributed by atoms with van der Waals surface area (Å²) in [5.41, 5.74) is 9.17. The minimum Gasteiger partial charge on any atom is -0.384 e. The number of aliphatic hydroxyl groups is 1. The van der Waals surface area contributed by atoms with Gasteiger partial charge in [0.15, 0.2) is 5.65 Å². The number of carbonyl (C=O) groups excluding carboxylic acids is 1. The summed E-state index contributed by atoms with van der Waals surface area (Å²) in [5, 5.41) is 15.4. The Hall–Kier alpha value is -3.98. The van der Waals surface area contributed by atoms with Crippen LogP contribution in [0.3, 0.4) is 0 Å². The summed E-state index contributed by atoms with van der Waals surface area (Å²) in [6.45, 7) is 5.54. The summed E-state index contributed by atoms with van der Waals surface area (Å²) in [7, 11) is 0. The average molecular weight is 540 g/mol. The van der Waals surface area contributed by atoms with E-state index in [0.29, 0.717) is 24.0 Å². The first-order valence-electron chi connectivity index (χ1n) is 14.3. The molecule has 1 aliphatic carbocycles. The quantitative estimate of drug-likeness (QED) is 0.269. The highest BCUT2D eigenvalue weighted by Gasteiger charge is 2.30. The zero-order valence-corrected chi connectivity index (χ0v) is 23.2. The molecule has 4 N–H and O–H groups in total. The number of pyridine rings is 1. The molecule has 40 heavy (non-hydrogen) atoms. The molecule has 9 nitrogen and oxygen atoms in total. The first-order valence-corrected chi connectivity index (χ1v) is 14.3. The maximum atomic E-state index is 11.5. The SMILES string of the molecule is CCCC(C)(O)c1cccc(-n2c(C3CC3)cc3cnc(Nc4ccc(N5CCC(C(N)=O)CC5)cc4)nc32)n1. The molecule has 4 heterocycles. The minimum atomic E-state index is -0.987. The Balaban J connectivity index is 1.27. The first-order chi connectivity index (χ1) is 19.3. The van der Waals surface area contributed by atoms with Gasteiger partial charge in [0, 0.05) is 47.7 Å². The fraction of sp³-hybridized carbons (Fsp3) is 0.419. The number of amides is 1. The number of rotatable bonds is 9. The average Bonchev–Trinajstić information content (AvgIpc) is 3.74. The van der Waals surface area contributed by atoms with Gasteiger partial charge < -0.3 is 21.1 Å². The number of hydrogen-bond donors (Lipinski definition) is 3. The van der Waals surface area contributed by atoms with Crippen LogP contribution >= 0.6 is 0 Å². The van der Waals surface area contributed by atoms with Crippen molar-refractivity contribution in [3.05, 3.63) is 66.1 Å². The highest BCUT2D eigenvalue weighted by molar-refractivity contribution is 5.80. The molecule has 2 aliphatic rings. The molecule has 0 spiro atoms. The van der Waals surface area contributed by atoms with Gasteiger partial charge in [-0.1, -0.05) is 19.4 Å². The molecular weight excluding hydrogens is 502 g/mol. The molecule has 1 aromatic carbocycles. The molecule has 2 fully saturated rings. The number of nitrogens with two attached hydrogens (primary N) is 1. The van der Waals surface area contributed by atoms with E-state index in [1.807, 2.05) is 43.5 Å². The third kappa shape index (κ3) is 5.25. The predicted molar refractivity (Wildman–Crippen MR) is 157 cm³/mol. The lowest BCUT2D eigenvalue weighted by atomic mass is 9.96. The van der Waals surface area contributed by atoms with Gasteiger partial charge in [0.2, 0.25) is 11.9 Å². The number of nitrogens with zero attached hydrogens (tertiary/aromatic N) is 5. The van der Waals surface area contributed by atoms with Crippen molar-refractivity contribution in [2.45, 2.75) is 63.9 Å². The Morgan fingerprint density at radius 1 is 1.10 bits per heavy atom. The summed E-state index contributed by atoms with van der Waals surface area (Å²) in [6.07, 6.45) is 7.26. The molecule has 1 saturated heterocycles. The Bertz CT molecular complexity index is 1520. The second-order valence-corrected chi connectivity index (χ2v) is 11.4. The molecule has 1 saturated carbocycles. The maximum absolute atomic E-state index is 11.5. The molecule has 1 atom stereocenters. The smallest absolute Gasteiger partial charge is 0.229 e. The lowest BCUT2D eigenvalue weighted by Crippen LogP contribution is -2.38. The number of fused-ring (bicyclic) bond motifs is 1. The van der Waals surface area contributed by atoms with Crippen molar-refractivity contribution in [3.8, 4) is 5.82 Å². The number of primary amides is 1. The number of piperidine rings is 1. The second kappa shape index (κ2) is 10.5. The van der Waals surface area contributed by atoms with Gasteiger partial charge in [0.25, 0.3) is 0 Å². The monoisotopic (exact) mass is 539 g/mol. The van der Waals surface area contributed by atoms with Gasteiger partial charge in [-0.15, -0.1) is 0 Å². The van der Waals surface area contributed by atoms with E-state index in [1.54, 1.807) is 0 Å². The summed E-state index contributed by atoms with van der Waals surface area (Å²) >= 11 is 0. The van der Waals surface area contributed by atoms with Crippen LogP contribution in [0.25, 0.3) is 16.9 Å². The van der Waals surface area contributed by atoms with Crippen molar-refractivity contribution in [1.29, 1.82) is 0 Å². The number of hydrogen-bond acceptors (Lipinski definition) is 7. The molecule has 208 valence electrons. The van der Waals surface area contributed by atoms with E-state index in [0.717, 1.165) is 73.4 Å². The molecule has 1 unspecified atom stereocenters. The molecule has 3 aromatic heterocycles. The summed E-state index contributed by atoms with van der Waals surface area (Å²) in [4.78, 5) is 28.2. The fourth-order valence-corrected chi connectivity index (χ4v) is 5.76. The summed E-state index contributed by atoms with van der Waals surface area (Å²) in [6, 6.07) is 16.2. The first kappa shape index (κ1) is 26.3. The Labute approximate surface area is 234 Å². The van der Waals surface area contributed by atoms with Gasteiger partial charge in [-0.3, -0.25) is 9.36 Å². The van der Waals surface area contributed by atoms with Crippen molar-refractivity contribution < 1.29 is 9.90 Å². The number of aromatic nitrogens is 4. The van der Waals surface area contributed by atoms with Crippen LogP contribution in [-0.4, -0.2) is 43.6 Å². The Kier molecular flexibility index (Phi) is 6.92. The maximum Gasteiger partial charge on any atom is 0.229 e. The number of carbonyl (C=O) groups is 1. The number of benzene rings is 1. The van der Waals surface area contributed by atoms with Gasteiger partial charge in [0.1, 0.15) is 11.4 Å². The topological polar surface area (TPSA) is 122 Å². The Morgan fingerprint density at radius 2 is 1.85 bits per heavy atom. The summed E-state index contributed by atoms with van der Waals surface area (Å²) < 4.78 is 2.13. The van der Waals surface area contributed by atoms with Gasteiger partial charge in [0.05, 0.1) is 5.69 Å². The van der Waals surface area contributed by atoms with E-state index in [-0.39, 0.29) is 11.8 Å². The molecule has 4 aromatic rings. The van der Waals surface area contributed by atoms with E-state index in [1.165, 1.54) is 5.69 Å². The van der Waals surface area contributed by atoms with Crippen LogP contribution in [0.1, 0.15) is 69.7 Å². The highest BCUT2D eigenvalue weighted by Crippen LogP contribution is 2.43. The van der Waals surface area contributed by atoms with E-state index < -0.39 is 5.60 Å². The predicted octanol–water partition coefficient (Wildman–Crippen LogP) is 5.15. The van der Waals surface area contributed by atoms with Crippen LogP contribution in [0.4, 0.5) is 17.3 Å². The number of nitrogens with one attached hydrogen (secondary N) is 1. The van der Waals surface area contributed by atoms with E-state index in [2.05, 4.69) is 44.9 Å². The van der Waals surface area contributed by atoms with Crippen LogP contribution in [0.2, 0.25) is 0 Å². The largest absolute Gasteiger partial charge is 0.384 e. The highest BCUT2D eigenvalue weighted by atomic mass is 16.3. The molecule has 1 amide bonds. The zero-order valence-electron chi connectivity index (χ0n) is 23.2. The van der Waals surface area contributed by atoms with E-state index >= 15 is 0 Å². The van der Waals surface area contributed by atoms with Gasteiger partial charge in [-0.05, 0) is 87.4 Å². The Morgan fingerprint density at radius 3 is 2.52 bits per heavy atom. The second-order valence-electron chi connectivity index (χ2n) is 11.4. The number of anilines is 3. The summed E-state index contributed by atoms with van der Waals surface area (Å²) in [5.74, 6) is 1.54. The molecule has 9 heteroatoms.